The molecule has 6 nitrogen and oxygen atoms in total. The molecular weight excluding hydrogens is 284 g/mol. The number of nitrogens with one attached hydrogen (secondary N) is 2. The highest BCUT2D eigenvalue weighted by Gasteiger charge is 2.42. The number of rotatable bonds is 8. The van der Waals surface area contributed by atoms with Gasteiger partial charge in [-0.2, -0.15) is 0 Å². The predicted octanol–water partition coefficient (Wildman–Crippen LogP) is 1.09. The first-order valence-electron chi connectivity index (χ1n) is 7.47. The van der Waals surface area contributed by atoms with Gasteiger partial charge in [0.1, 0.15) is 6.04 Å². The van der Waals surface area contributed by atoms with Crippen molar-refractivity contribution in [2.75, 3.05) is 7.11 Å². The molecule has 0 aromatic carbocycles. The Morgan fingerprint density at radius 3 is 2.68 bits per heavy atom. The summed E-state index contributed by atoms with van der Waals surface area (Å²) in [6.07, 6.45) is 6.42. The zero-order valence-electron chi connectivity index (χ0n) is 13.4. The highest BCUT2D eigenvalue weighted by atomic mass is 16.5. The average Bonchev–Trinajstić information content (AvgIpc) is 2.87. The van der Waals surface area contributed by atoms with Gasteiger partial charge in [-0.1, -0.05) is 18.2 Å². The average molecular weight is 310 g/mol. The molecule has 22 heavy (non-hydrogen) atoms. The monoisotopic (exact) mass is 310 g/mol. The van der Waals surface area contributed by atoms with Crippen LogP contribution in [0.15, 0.2) is 24.8 Å². The number of aliphatic carboxylic acids is 1. The van der Waals surface area contributed by atoms with Gasteiger partial charge in [-0.25, -0.2) is 0 Å². The molecule has 124 valence electrons. The van der Waals surface area contributed by atoms with E-state index in [1.54, 1.807) is 13.2 Å². The molecule has 0 aromatic heterocycles. The van der Waals surface area contributed by atoms with Gasteiger partial charge in [0.15, 0.2) is 0 Å². The van der Waals surface area contributed by atoms with Crippen LogP contribution in [-0.4, -0.2) is 48.3 Å². The molecule has 1 heterocycles. The maximum Gasteiger partial charge on any atom is 0.320 e. The molecule has 0 unspecified atom stereocenters. The first kappa shape index (κ1) is 18.4. The zero-order valence-corrected chi connectivity index (χ0v) is 13.4. The fraction of sp³-hybridized carbons (Fsp3) is 0.625. The summed E-state index contributed by atoms with van der Waals surface area (Å²) < 4.78 is 5.49. The number of allylic oxidation sites excluding steroid dienone is 1. The van der Waals surface area contributed by atoms with Crippen LogP contribution >= 0.6 is 0 Å². The maximum atomic E-state index is 11.6. The quantitative estimate of drug-likeness (QED) is 0.584. The minimum atomic E-state index is -0.878. The van der Waals surface area contributed by atoms with Gasteiger partial charge in [-0.05, 0) is 25.7 Å². The Bertz CT molecular complexity index is 436. The molecule has 0 aliphatic carbocycles. The minimum absolute atomic E-state index is 0.0189. The number of hydrogen-bond donors (Lipinski definition) is 3. The van der Waals surface area contributed by atoms with Crippen LogP contribution in [0.25, 0.3) is 0 Å². The van der Waals surface area contributed by atoms with Crippen LogP contribution < -0.4 is 10.6 Å². The number of ether oxygens (including phenoxy) is 1. The lowest BCUT2D eigenvalue weighted by molar-refractivity contribution is -0.139. The summed E-state index contributed by atoms with van der Waals surface area (Å²) in [4.78, 5) is 22.8. The third kappa shape index (κ3) is 4.68. The van der Waals surface area contributed by atoms with E-state index < -0.39 is 12.0 Å². The minimum Gasteiger partial charge on any atom is -0.480 e. The van der Waals surface area contributed by atoms with Gasteiger partial charge in [-0.3, -0.25) is 14.9 Å². The molecule has 1 amide bonds. The number of methoxy groups -OCH3 is 1. The summed E-state index contributed by atoms with van der Waals surface area (Å²) in [5.41, 5.74) is 0. The smallest absolute Gasteiger partial charge is 0.320 e. The van der Waals surface area contributed by atoms with Gasteiger partial charge >= 0.3 is 5.97 Å². The number of hydrogen-bond acceptors (Lipinski definition) is 4. The number of carboxylic acids is 1. The third-order valence-electron chi connectivity index (χ3n) is 3.96. The molecule has 0 saturated carbocycles. The molecule has 3 N–H and O–H groups in total. The second-order valence-electron chi connectivity index (χ2n) is 5.53. The predicted molar refractivity (Wildman–Crippen MR) is 84.5 cm³/mol. The molecule has 1 aliphatic rings. The van der Waals surface area contributed by atoms with Crippen molar-refractivity contribution >= 4 is 11.9 Å². The van der Waals surface area contributed by atoms with Gasteiger partial charge < -0.3 is 15.2 Å². The van der Waals surface area contributed by atoms with E-state index >= 15 is 0 Å². The molecule has 0 spiro atoms. The largest absolute Gasteiger partial charge is 0.480 e. The molecular formula is C16H26N2O4. The van der Waals surface area contributed by atoms with Crippen LogP contribution in [-0.2, 0) is 14.3 Å². The van der Waals surface area contributed by atoms with E-state index in [1.807, 2.05) is 19.1 Å². The van der Waals surface area contributed by atoms with Crippen molar-refractivity contribution in [2.24, 2.45) is 5.92 Å². The van der Waals surface area contributed by atoms with Gasteiger partial charge in [0.2, 0.25) is 5.91 Å². The molecule has 1 fully saturated rings. The van der Waals surface area contributed by atoms with Crippen LogP contribution in [0.5, 0.6) is 0 Å². The molecule has 0 radical (unpaired) electrons. The Morgan fingerprint density at radius 1 is 1.55 bits per heavy atom. The van der Waals surface area contributed by atoms with Crippen LogP contribution in [0.4, 0.5) is 0 Å². The van der Waals surface area contributed by atoms with E-state index in [0.29, 0.717) is 12.8 Å². The lowest BCUT2D eigenvalue weighted by Gasteiger charge is -2.33. The summed E-state index contributed by atoms with van der Waals surface area (Å²) in [5.74, 6) is -1.03. The van der Waals surface area contributed by atoms with E-state index in [2.05, 4.69) is 17.2 Å². The molecule has 6 heteroatoms. The van der Waals surface area contributed by atoms with E-state index in [9.17, 15) is 14.7 Å². The molecule has 5 atom stereocenters. The first-order chi connectivity index (χ1) is 10.4. The third-order valence-corrected chi connectivity index (χ3v) is 3.96. The summed E-state index contributed by atoms with van der Waals surface area (Å²) in [6.45, 7) is 7.06. The van der Waals surface area contributed by atoms with Gasteiger partial charge in [0, 0.05) is 20.1 Å². The fourth-order valence-corrected chi connectivity index (χ4v) is 3.03. The molecule has 1 rings (SSSR count). The van der Waals surface area contributed by atoms with E-state index in [1.165, 1.54) is 6.92 Å². The van der Waals surface area contributed by atoms with Gasteiger partial charge in [0.25, 0.3) is 0 Å². The standard InChI is InChI=1S/C16H26N2O4/c1-5-7-11-9-12(16(20)21)18-14(11)15(17-10(3)19)13(22-4)8-6-2/h5-7,11-15,18H,2,8-9H2,1,3-4H3,(H,17,19)(H,20,21)/b7-5-/t11-,12-,13-,14+,15+/m1/s1. The molecule has 0 bridgehead atoms. The number of carbonyl (C=O) groups is 2. The van der Waals surface area contributed by atoms with Crippen molar-refractivity contribution in [3.63, 3.8) is 0 Å². The van der Waals surface area contributed by atoms with E-state index in [4.69, 9.17) is 4.74 Å². The van der Waals surface area contributed by atoms with Crippen LogP contribution in [0, 0.1) is 5.92 Å². The fourth-order valence-electron chi connectivity index (χ4n) is 3.03. The molecule has 0 aromatic rings. The number of carboxylic acid groups (broad SMARTS) is 1. The van der Waals surface area contributed by atoms with Crippen molar-refractivity contribution in [2.45, 2.75) is 50.9 Å². The lowest BCUT2D eigenvalue weighted by Crippen LogP contribution is -2.57. The lowest BCUT2D eigenvalue weighted by atomic mass is 9.89. The summed E-state index contributed by atoms with van der Waals surface area (Å²) >= 11 is 0. The summed E-state index contributed by atoms with van der Waals surface area (Å²) in [5, 5.41) is 15.3. The number of amides is 1. The van der Waals surface area contributed by atoms with Gasteiger partial charge in [0.05, 0.1) is 12.1 Å². The van der Waals surface area contributed by atoms with E-state index in [-0.39, 0.29) is 30.0 Å². The van der Waals surface area contributed by atoms with Crippen molar-refractivity contribution in [1.82, 2.24) is 10.6 Å². The highest BCUT2D eigenvalue weighted by molar-refractivity contribution is 5.75. The van der Waals surface area contributed by atoms with Crippen molar-refractivity contribution < 1.29 is 19.4 Å². The number of carbonyl (C=O) groups excluding carboxylic acids is 1. The van der Waals surface area contributed by atoms with Crippen LogP contribution in [0.1, 0.15) is 26.7 Å². The Morgan fingerprint density at radius 2 is 2.23 bits per heavy atom. The van der Waals surface area contributed by atoms with Gasteiger partial charge in [-0.15, -0.1) is 6.58 Å². The second-order valence-corrected chi connectivity index (χ2v) is 5.53. The zero-order chi connectivity index (χ0) is 16.7. The maximum absolute atomic E-state index is 11.6. The summed E-state index contributed by atoms with van der Waals surface area (Å²) in [7, 11) is 1.58. The second kappa shape index (κ2) is 8.70. The van der Waals surface area contributed by atoms with Crippen molar-refractivity contribution in [3.8, 4) is 0 Å². The Labute approximate surface area is 131 Å². The molecule has 1 saturated heterocycles. The van der Waals surface area contributed by atoms with Crippen molar-refractivity contribution in [1.29, 1.82) is 0 Å². The summed E-state index contributed by atoms with van der Waals surface area (Å²) in [6, 6.07) is -1.15. The van der Waals surface area contributed by atoms with Crippen LogP contribution in [0.2, 0.25) is 0 Å². The Balaban J connectivity index is 3.05. The SMILES string of the molecule is C=CC[C@@H](OC)[C@H](NC(C)=O)[C@H]1N[C@@H](C(=O)O)C[C@H]1/C=C\C. The Hall–Kier alpha value is -1.66. The normalized spacial score (nSPS) is 27.5. The highest BCUT2D eigenvalue weighted by Crippen LogP contribution is 2.27. The Kier molecular flexibility index (Phi) is 7.27. The van der Waals surface area contributed by atoms with Crippen LogP contribution in [0.3, 0.4) is 0 Å². The topological polar surface area (TPSA) is 87.7 Å². The van der Waals surface area contributed by atoms with E-state index in [0.717, 1.165) is 0 Å². The first-order valence-corrected chi connectivity index (χ1v) is 7.47. The van der Waals surface area contributed by atoms with Crippen molar-refractivity contribution in [3.05, 3.63) is 24.8 Å². The molecule has 1 aliphatic heterocycles.